The van der Waals surface area contributed by atoms with Gasteiger partial charge in [0.2, 0.25) is 0 Å². The quantitative estimate of drug-likeness (QED) is 0.564. The molecule has 1 aliphatic rings. The van der Waals surface area contributed by atoms with Crippen LogP contribution in [0.15, 0.2) is 5.10 Å². The van der Waals surface area contributed by atoms with Gasteiger partial charge in [-0.1, -0.05) is 13.8 Å². The lowest BCUT2D eigenvalue weighted by Crippen LogP contribution is -2.30. The molecule has 1 aliphatic heterocycles. The third kappa shape index (κ3) is 1.39. The molecule has 0 fully saturated rings. The Hall–Kier alpha value is -0.530. The normalized spacial score (nSPS) is 31.5. The molecule has 0 radical (unpaired) electrons. The van der Waals surface area contributed by atoms with Crippen LogP contribution >= 0.6 is 0 Å². The van der Waals surface area contributed by atoms with Crippen molar-refractivity contribution in [2.45, 2.75) is 33.7 Å². The van der Waals surface area contributed by atoms with E-state index in [2.05, 4.69) is 44.9 Å². The molecule has 0 bridgehead atoms. The van der Waals surface area contributed by atoms with Crippen molar-refractivity contribution in [1.82, 2.24) is 5.01 Å². The molecule has 0 saturated carbocycles. The molecular weight excluding hydrogens is 136 g/mol. The van der Waals surface area contributed by atoms with Crippen LogP contribution in [0.2, 0.25) is 0 Å². The summed E-state index contributed by atoms with van der Waals surface area (Å²) in [5, 5.41) is 6.49. The van der Waals surface area contributed by atoms with E-state index in [9.17, 15) is 0 Å². The fraction of sp³-hybridized carbons (Fsp3) is 0.889. The van der Waals surface area contributed by atoms with Gasteiger partial charge in [-0.05, 0) is 19.8 Å². The molecule has 1 rings (SSSR count). The zero-order chi connectivity index (χ0) is 8.59. The van der Waals surface area contributed by atoms with E-state index in [1.54, 1.807) is 0 Å². The highest BCUT2D eigenvalue weighted by atomic mass is 15.5. The Bertz CT molecular complexity index is 172. The molecule has 1 heterocycles. The first kappa shape index (κ1) is 8.57. The van der Waals surface area contributed by atoms with Crippen molar-refractivity contribution in [2.24, 2.45) is 16.9 Å². The van der Waals surface area contributed by atoms with Crippen molar-refractivity contribution in [3.8, 4) is 0 Å². The molecule has 2 atom stereocenters. The fourth-order valence-corrected chi connectivity index (χ4v) is 2.03. The monoisotopic (exact) mass is 154 g/mol. The Kier molecular flexibility index (Phi) is 2.21. The topological polar surface area (TPSA) is 15.6 Å². The maximum Gasteiger partial charge on any atom is 0.0522 e. The third-order valence-corrected chi connectivity index (χ3v) is 2.63. The van der Waals surface area contributed by atoms with Gasteiger partial charge in [0.25, 0.3) is 0 Å². The number of rotatable bonds is 1. The summed E-state index contributed by atoms with van der Waals surface area (Å²) in [6, 6.07) is 0.579. The molecule has 2 heteroatoms. The summed E-state index contributed by atoms with van der Waals surface area (Å²) >= 11 is 0. The maximum atomic E-state index is 4.42. The van der Waals surface area contributed by atoms with Crippen LogP contribution in [0, 0.1) is 11.8 Å². The van der Waals surface area contributed by atoms with Crippen LogP contribution < -0.4 is 0 Å². The van der Waals surface area contributed by atoms with Gasteiger partial charge in [0.1, 0.15) is 0 Å². The highest BCUT2D eigenvalue weighted by Crippen LogP contribution is 2.26. The van der Waals surface area contributed by atoms with E-state index in [1.807, 2.05) is 0 Å². The minimum Gasteiger partial charge on any atom is -0.297 e. The number of hydrogen-bond acceptors (Lipinski definition) is 2. The molecular formula is C9H18N2. The largest absolute Gasteiger partial charge is 0.297 e. The lowest BCUT2D eigenvalue weighted by Gasteiger charge is -2.23. The van der Waals surface area contributed by atoms with Gasteiger partial charge in [-0.2, -0.15) is 5.10 Å². The molecule has 64 valence electrons. The number of hydrazone groups is 1. The van der Waals surface area contributed by atoms with Crippen LogP contribution in [0.1, 0.15) is 27.7 Å². The Morgan fingerprint density at radius 1 is 1.45 bits per heavy atom. The van der Waals surface area contributed by atoms with E-state index in [0.29, 0.717) is 17.9 Å². The Morgan fingerprint density at radius 2 is 2.00 bits per heavy atom. The molecule has 0 aliphatic carbocycles. The van der Waals surface area contributed by atoms with E-state index in [0.717, 1.165) is 0 Å². The number of hydrogen-bond donors (Lipinski definition) is 0. The van der Waals surface area contributed by atoms with Crippen LogP contribution in [-0.2, 0) is 0 Å². The van der Waals surface area contributed by atoms with Gasteiger partial charge in [0, 0.05) is 18.7 Å². The summed E-state index contributed by atoms with van der Waals surface area (Å²) in [5.74, 6) is 1.36. The Labute approximate surface area is 69.3 Å². The molecule has 0 aromatic rings. The summed E-state index contributed by atoms with van der Waals surface area (Å²) in [5.41, 5.74) is 1.29. The molecule has 0 spiro atoms. The van der Waals surface area contributed by atoms with Gasteiger partial charge in [-0.3, -0.25) is 5.01 Å². The van der Waals surface area contributed by atoms with E-state index in [1.165, 1.54) is 5.71 Å². The van der Waals surface area contributed by atoms with Gasteiger partial charge in [0.05, 0.1) is 6.04 Å². The van der Waals surface area contributed by atoms with Crippen LogP contribution in [0.4, 0.5) is 0 Å². The van der Waals surface area contributed by atoms with Crippen molar-refractivity contribution >= 4 is 5.71 Å². The smallest absolute Gasteiger partial charge is 0.0522 e. The zero-order valence-corrected chi connectivity index (χ0v) is 8.13. The lowest BCUT2D eigenvalue weighted by molar-refractivity contribution is 0.237. The summed E-state index contributed by atoms with van der Waals surface area (Å²) in [7, 11) is 2.05. The lowest BCUT2D eigenvalue weighted by atomic mass is 9.87. The minimum atomic E-state index is 0.579. The van der Waals surface area contributed by atoms with Crippen LogP contribution in [0.3, 0.4) is 0 Å². The molecule has 0 aromatic carbocycles. The van der Waals surface area contributed by atoms with Crippen molar-refractivity contribution in [1.29, 1.82) is 0 Å². The van der Waals surface area contributed by atoms with E-state index >= 15 is 0 Å². The third-order valence-electron chi connectivity index (χ3n) is 2.63. The standard InChI is InChI=1S/C9H18N2/c1-6(2)9-7(3)10-11(5)8(9)4/h6,8-9H,1-5H3. The average molecular weight is 154 g/mol. The van der Waals surface area contributed by atoms with Crippen LogP contribution in [0.25, 0.3) is 0 Å². The molecule has 0 aromatic heterocycles. The molecule has 11 heavy (non-hydrogen) atoms. The van der Waals surface area contributed by atoms with Gasteiger partial charge in [-0.25, -0.2) is 0 Å². The van der Waals surface area contributed by atoms with Crippen LogP contribution in [-0.4, -0.2) is 23.8 Å². The fourth-order valence-electron chi connectivity index (χ4n) is 2.03. The summed E-state index contributed by atoms with van der Waals surface area (Å²) in [6.07, 6.45) is 0. The summed E-state index contributed by atoms with van der Waals surface area (Å²) < 4.78 is 0. The predicted octanol–water partition coefficient (Wildman–Crippen LogP) is 1.97. The highest BCUT2D eigenvalue weighted by molar-refractivity contribution is 5.86. The molecule has 2 unspecified atom stereocenters. The second kappa shape index (κ2) is 2.84. The minimum absolute atomic E-state index is 0.579. The van der Waals surface area contributed by atoms with Crippen molar-refractivity contribution < 1.29 is 0 Å². The predicted molar refractivity (Wildman–Crippen MR) is 48.7 cm³/mol. The Balaban J connectivity index is 2.74. The van der Waals surface area contributed by atoms with Crippen LogP contribution in [0.5, 0.6) is 0 Å². The van der Waals surface area contributed by atoms with Gasteiger partial charge < -0.3 is 0 Å². The molecule has 2 nitrogen and oxygen atoms in total. The van der Waals surface area contributed by atoms with Gasteiger partial charge in [-0.15, -0.1) is 0 Å². The average Bonchev–Trinajstić information content (AvgIpc) is 2.07. The maximum absolute atomic E-state index is 4.42. The highest BCUT2D eigenvalue weighted by Gasteiger charge is 2.31. The Morgan fingerprint density at radius 3 is 2.18 bits per heavy atom. The van der Waals surface area contributed by atoms with Crippen molar-refractivity contribution in [3.63, 3.8) is 0 Å². The van der Waals surface area contributed by atoms with E-state index in [4.69, 9.17) is 0 Å². The first-order valence-corrected chi connectivity index (χ1v) is 4.32. The van der Waals surface area contributed by atoms with Gasteiger partial charge in [0.15, 0.2) is 0 Å². The molecule has 0 N–H and O–H groups in total. The zero-order valence-electron chi connectivity index (χ0n) is 8.13. The number of nitrogens with zero attached hydrogens (tertiary/aromatic N) is 2. The summed E-state index contributed by atoms with van der Waals surface area (Å²) in [4.78, 5) is 0. The second-order valence-electron chi connectivity index (χ2n) is 3.83. The van der Waals surface area contributed by atoms with E-state index < -0.39 is 0 Å². The first-order valence-electron chi connectivity index (χ1n) is 4.32. The van der Waals surface area contributed by atoms with Gasteiger partial charge >= 0.3 is 0 Å². The molecule has 0 saturated heterocycles. The van der Waals surface area contributed by atoms with E-state index in [-0.39, 0.29) is 0 Å². The van der Waals surface area contributed by atoms with Crippen molar-refractivity contribution in [3.05, 3.63) is 0 Å². The molecule has 0 amide bonds. The van der Waals surface area contributed by atoms with Crippen molar-refractivity contribution in [2.75, 3.05) is 7.05 Å². The summed E-state index contributed by atoms with van der Waals surface area (Å²) in [6.45, 7) is 8.90. The first-order chi connectivity index (χ1) is 5.04. The SMILES string of the molecule is CC1=NN(C)C(C)C1C(C)C. The second-order valence-corrected chi connectivity index (χ2v) is 3.83.